The van der Waals surface area contributed by atoms with Crippen molar-refractivity contribution in [2.75, 3.05) is 19.8 Å². The molecule has 2 aliphatic heterocycles. The molecule has 0 amide bonds. The van der Waals surface area contributed by atoms with Crippen molar-refractivity contribution in [3.63, 3.8) is 0 Å². The van der Waals surface area contributed by atoms with Crippen molar-refractivity contribution < 1.29 is 19.0 Å². The molecule has 2 aliphatic rings. The van der Waals surface area contributed by atoms with Crippen LogP contribution in [0, 0.1) is 0 Å². The van der Waals surface area contributed by atoms with E-state index in [-0.39, 0.29) is 24.2 Å². The fraction of sp³-hybridized carbons (Fsp3) is 0.588. The molecule has 1 N–H and O–H groups in total. The van der Waals surface area contributed by atoms with Crippen LogP contribution in [-0.4, -0.2) is 44.0 Å². The highest BCUT2D eigenvalue weighted by Gasteiger charge is 2.42. The Bertz CT molecular complexity index is 496. The number of ether oxygens (including phenoxy) is 3. The third kappa shape index (κ3) is 3.99. The van der Waals surface area contributed by atoms with Crippen LogP contribution in [0.3, 0.4) is 0 Å². The van der Waals surface area contributed by atoms with E-state index in [2.05, 4.69) is 17.4 Å². The molecule has 0 spiro atoms. The van der Waals surface area contributed by atoms with E-state index in [0.717, 1.165) is 31.6 Å². The quantitative estimate of drug-likeness (QED) is 0.613. The largest absolute Gasteiger partial charge is 0.488 e. The van der Waals surface area contributed by atoms with Crippen molar-refractivity contribution >= 4 is 5.97 Å². The molecular formula is C17H23NO4. The standard InChI is InChI=1S/C17H23NO4/c1-2-21-17(19)16-15(18-16)8-5-12-3-6-13(7-4-12)22-14-9-10-20-11-14/h3-4,6-7,14-16,18H,2,5,8-11H2,1H3. The molecule has 0 aliphatic carbocycles. The molecule has 5 nitrogen and oxygen atoms in total. The van der Waals surface area contributed by atoms with Crippen LogP contribution in [0.25, 0.3) is 0 Å². The van der Waals surface area contributed by atoms with Crippen molar-refractivity contribution in [2.24, 2.45) is 0 Å². The average Bonchev–Trinajstić information content (AvgIpc) is 3.14. The number of benzene rings is 1. The molecule has 1 aromatic rings. The van der Waals surface area contributed by atoms with Gasteiger partial charge in [-0.25, -0.2) is 0 Å². The summed E-state index contributed by atoms with van der Waals surface area (Å²) >= 11 is 0. The van der Waals surface area contributed by atoms with Crippen molar-refractivity contribution in [1.82, 2.24) is 5.32 Å². The van der Waals surface area contributed by atoms with Crippen LogP contribution in [0.1, 0.15) is 25.3 Å². The second kappa shape index (κ2) is 7.11. The number of carbonyl (C=O) groups is 1. The lowest BCUT2D eigenvalue weighted by Crippen LogP contribution is -2.15. The van der Waals surface area contributed by atoms with E-state index in [9.17, 15) is 4.79 Å². The van der Waals surface area contributed by atoms with Gasteiger partial charge in [0.2, 0.25) is 0 Å². The zero-order chi connectivity index (χ0) is 15.4. The average molecular weight is 305 g/mol. The van der Waals surface area contributed by atoms with Crippen LogP contribution in [0.4, 0.5) is 0 Å². The minimum atomic E-state index is -0.130. The summed E-state index contributed by atoms with van der Waals surface area (Å²) in [6, 6.07) is 8.35. The maximum absolute atomic E-state index is 11.5. The Morgan fingerprint density at radius 2 is 2.18 bits per heavy atom. The number of carbonyl (C=O) groups excluding carboxylic acids is 1. The molecule has 2 fully saturated rings. The SMILES string of the molecule is CCOC(=O)C1NC1CCc1ccc(OC2CCOC2)cc1. The second-order valence-electron chi connectivity index (χ2n) is 5.79. The molecule has 2 heterocycles. The predicted octanol–water partition coefficient (Wildman–Crippen LogP) is 1.69. The summed E-state index contributed by atoms with van der Waals surface area (Å²) in [4.78, 5) is 11.5. The minimum absolute atomic E-state index is 0.107. The summed E-state index contributed by atoms with van der Waals surface area (Å²) in [5.74, 6) is 0.767. The van der Waals surface area contributed by atoms with Crippen LogP contribution in [-0.2, 0) is 20.7 Å². The van der Waals surface area contributed by atoms with E-state index >= 15 is 0 Å². The molecule has 1 aromatic carbocycles. The van der Waals surface area contributed by atoms with E-state index in [1.807, 2.05) is 19.1 Å². The third-order valence-corrected chi connectivity index (χ3v) is 4.09. The summed E-state index contributed by atoms with van der Waals surface area (Å²) in [5.41, 5.74) is 1.26. The van der Waals surface area contributed by atoms with Crippen LogP contribution >= 0.6 is 0 Å². The maximum atomic E-state index is 11.5. The molecule has 0 radical (unpaired) electrons. The molecule has 3 rings (SSSR count). The number of rotatable bonds is 7. The van der Waals surface area contributed by atoms with E-state index in [1.54, 1.807) is 0 Å². The van der Waals surface area contributed by atoms with Gasteiger partial charge in [0.1, 0.15) is 17.9 Å². The lowest BCUT2D eigenvalue weighted by molar-refractivity contribution is -0.142. The van der Waals surface area contributed by atoms with Crippen LogP contribution in [0.5, 0.6) is 5.75 Å². The van der Waals surface area contributed by atoms with E-state index in [4.69, 9.17) is 14.2 Å². The molecule has 5 heteroatoms. The number of esters is 1. The van der Waals surface area contributed by atoms with Crippen LogP contribution in [0.15, 0.2) is 24.3 Å². The van der Waals surface area contributed by atoms with Gasteiger partial charge in [-0.2, -0.15) is 0 Å². The monoisotopic (exact) mass is 305 g/mol. The lowest BCUT2D eigenvalue weighted by Gasteiger charge is -2.12. The molecular weight excluding hydrogens is 282 g/mol. The Morgan fingerprint density at radius 1 is 1.36 bits per heavy atom. The third-order valence-electron chi connectivity index (χ3n) is 4.09. The summed E-state index contributed by atoms with van der Waals surface area (Å²) in [5, 5.41) is 3.17. The molecule has 22 heavy (non-hydrogen) atoms. The minimum Gasteiger partial charge on any atom is -0.488 e. The lowest BCUT2D eigenvalue weighted by atomic mass is 10.1. The number of hydrogen-bond donors (Lipinski definition) is 1. The smallest absolute Gasteiger partial charge is 0.324 e. The molecule has 2 saturated heterocycles. The van der Waals surface area contributed by atoms with Crippen molar-refractivity contribution in [1.29, 1.82) is 0 Å². The first-order valence-electron chi connectivity index (χ1n) is 8.02. The highest BCUT2D eigenvalue weighted by molar-refractivity contribution is 5.80. The Kier molecular flexibility index (Phi) is 4.95. The highest BCUT2D eigenvalue weighted by atomic mass is 16.5. The molecule has 3 unspecified atom stereocenters. The fourth-order valence-electron chi connectivity index (χ4n) is 2.74. The molecule has 0 saturated carbocycles. The molecule has 120 valence electrons. The zero-order valence-electron chi connectivity index (χ0n) is 12.9. The zero-order valence-corrected chi connectivity index (χ0v) is 12.9. The van der Waals surface area contributed by atoms with Gasteiger partial charge < -0.3 is 14.2 Å². The van der Waals surface area contributed by atoms with Gasteiger partial charge in [-0.15, -0.1) is 0 Å². The number of aryl methyl sites for hydroxylation is 1. The Labute approximate surface area is 130 Å². The first kappa shape index (κ1) is 15.3. The molecule has 3 atom stereocenters. The van der Waals surface area contributed by atoms with Gasteiger partial charge in [0.15, 0.2) is 0 Å². The van der Waals surface area contributed by atoms with Gasteiger partial charge in [-0.3, -0.25) is 10.1 Å². The molecule has 0 bridgehead atoms. The second-order valence-corrected chi connectivity index (χ2v) is 5.79. The highest BCUT2D eigenvalue weighted by Crippen LogP contribution is 2.21. The number of hydrogen-bond acceptors (Lipinski definition) is 5. The van der Waals surface area contributed by atoms with Crippen LogP contribution < -0.4 is 10.1 Å². The first-order valence-corrected chi connectivity index (χ1v) is 8.02. The van der Waals surface area contributed by atoms with Gasteiger partial charge >= 0.3 is 5.97 Å². The Balaban J connectivity index is 1.41. The summed E-state index contributed by atoms with van der Waals surface area (Å²) < 4.78 is 16.1. The van der Waals surface area contributed by atoms with Gasteiger partial charge in [0.05, 0.1) is 19.8 Å². The summed E-state index contributed by atoms with van der Waals surface area (Å²) in [6.45, 7) is 3.75. The van der Waals surface area contributed by atoms with Crippen molar-refractivity contribution in [3.05, 3.63) is 29.8 Å². The Hall–Kier alpha value is -1.59. The maximum Gasteiger partial charge on any atom is 0.324 e. The first-order chi connectivity index (χ1) is 10.8. The van der Waals surface area contributed by atoms with E-state index in [1.165, 1.54) is 5.56 Å². The predicted molar refractivity (Wildman–Crippen MR) is 82.0 cm³/mol. The van der Waals surface area contributed by atoms with Crippen LogP contribution in [0.2, 0.25) is 0 Å². The topological polar surface area (TPSA) is 66.7 Å². The van der Waals surface area contributed by atoms with E-state index in [0.29, 0.717) is 13.2 Å². The van der Waals surface area contributed by atoms with Gasteiger partial charge in [0.25, 0.3) is 0 Å². The normalized spacial score (nSPS) is 26.7. The summed E-state index contributed by atoms with van der Waals surface area (Å²) in [6.07, 6.45) is 3.04. The summed E-state index contributed by atoms with van der Waals surface area (Å²) in [7, 11) is 0. The fourth-order valence-corrected chi connectivity index (χ4v) is 2.74. The van der Waals surface area contributed by atoms with E-state index < -0.39 is 0 Å². The number of nitrogens with one attached hydrogen (secondary N) is 1. The van der Waals surface area contributed by atoms with Gasteiger partial charge in [-0.1, -0.05) is 12.1 Å². The van der Waals surface area contributed by atoms with Crippen molar-refractivity contribution in [2.45, 2.75) is 44.4 Å². The Morgan fingerprint density at radius 3 is 2.86 bits per heavy atom. The van der Waals surface area contributed by atoms with Crippen molar-refractivity contribution in [3.8, 4) is 5.75 Å². The van der Waals surface area contributed by atoms with Gasteiger partial charge in [-0.05, 0) is 37.5 Å². The van der Waals surface area contributed by atoms with Gasteiger partial charge in [0, 0.05) is 12.5 Å². The molecule has 0 aromatic heterocycles.